The SMILES string of the molecule is CC1(C)CCCN(C2(CN)CC(C)(C)OC2(C)C)CC1. The molecule has 3 nitrogen and oxygen atoms in total. The van der Waals surface area contributed by atoms with E-state index in [1.165, 1.54) is 19.3 Å². The fourth-order valence-corrected chi connectivity index (χ4v) is 4.53. The van der Waals surface area contributed by atoms with Crippen LogP contribution in [0.5, 0.6) is 0 Å². The zero-order chi connectivity index (χ0) is 15.2. The highest BCUT2D eigenvalue weighted by Gasteiger charge is 2.59. The van der Waals surface area contributed by atoms with Crippen LogP contribution in [0.25, 0.3) is 0 Å². The normalized spacial score (nSPS) is 36.8. The molecular weight excluding hydrogens is 248 g/mol. The highest BCUT2D eigenvalue weighted by molar-refractivity contribution is 5.13. The van der Waals surface area contributed by atoms with E-state index >= 15 is 0 Å². The van der Waals surface area contributed by atoms with E-state index in [1.54, 1.807) is 0 Å². The molecule has 1 unspecified atom stereocenters. The maximum atomic E-state index is 6.37. The fourth-order valence-electron chi connectivity index (χ4n) is 4.53. The van der Waals surface area contributed by atoms with Gasteiger partial charge in [-0.3, -0.25) is 4.90 Å². The van der Waals surface area contributed by atoms with Crippen molar-refractivity contribution in [1.29, 1.82) is 0 Å². The van der Waals surface area contributed by atoms with Crippen molar-refractivity contribution < 1.29 is 4.74 Å². The van der Waals surface area contributed by atoms with E-state index in [2.05, 4.69) is 46.4 Å². The van der Waals surface area contributed by atoms with Crippen molar-refractivity contribution in [3.05, 3.63) is 0 Å². The Hall–Kier alpha value is -0.120. The quantitative estimate of drug-likeness (QED) is 0.845. The van der Waals surface area contributed by atoms with E-state index in [0.29, 0.717) is 12.0 Å². The van der Waals surface area contributed by atoms with Crippen LogP contribution in [0.15, 0.2) is 0 Å². The first-order valence-electron chi connectivity index (χ1n) is 8.19. The summed E-state index contributed by atoms with van der Waals surface area (Å²) >= 11 is 0. The van der Waals surface area contributed by atoms with Gasteiger partial charge >= 0.3 is 0 Å². The molecule has 2 rings (SSSR count). The Morgan fingerprint density at radius 2 is 1.65 bits per heavy atom. The molecule has 0 bridgehead atoms. The molecule has 0 aliphatic carbocycles. The number of rotatable bonds is 2. The largest absolute Gasteiger partial charge is 0.368 e. The van der Waals surface area contributed by atoms with Crippen LogP contribution in [0.4, 0.5) is 0 Å². The van der Waals surface area contributed by atoms with Crippen molar-refractivity contribution >= 4 is 0 Å². The van der Waals surface area contributed by atoms with Gasteiger partial charge in [0.2, 0.25) is 0 Å². The number of likely N-dealkylation sites (tertiary alicyclic amines) is 1. The smallest absolute Gasteiger partial charge is 0.0830 e. The topological polar surface area (TPSA) is 38.5 Å². The van der Waals surface area contributed by atoms with Crippen molar-refractivity contribution in [1.82, 2.24) is 4.90 Å². The van der Waals surface area contributed by atoms with Gasteiger partial charge in [-0.2, -0.15) is 0 Å². The summed E-state index contributed by atoms with van der Waals surface area (Å²) in [6, 6.07) is 0. The summed E-state index contributed by atoms with van der Waals surface area (Å²) in [5.41, 5.74) is 6.48. The lowest BCUT2D eigenvalue weighted by Crippen LogP contribution is -2.63. The molecule has 2 N–H and O–H groups in total. The lowest BCUT2D eigenvalue weighted by molar-refractivity contribution is -0.104. The molecule has 2 fully saturated rings. The molecule has 0 amide bonds. The first-order chi connectivity index (χ1) is 9.04. The summed E-state index contributed by atoms with van der Waals surface area (Å²) in [6.45, 7) is 16.6. The van der Waals surface area contributed by atoms with Crippen molar-refractivity contribution in [2.45, 2.75) is 84.0 Å². The Labute approximate surface area is 125 Å². The van der Waals surface area contributed by atoms with Gasteiger partial charge in [0.15, 0.2) is 0 Å². The summed E-state index contributed by atoms with van der Waals surface area (Å²) in [6.07, 6.45) is 4.87. The molecule has 0 radical (unpaired) electrons. The van der Waals surface area contributed by atoms with Crippen molar-refractivity contribution in [2.75, 3.05) is 19.6 Å². The molecule has 118 valence electrons. The Morgan fingerprint density at radius 3 is 2.15 bits per heavy atom. The second kappa shape index (κ2) is 4.96. The van der Waals surface area contributed by atoms with Gasteiger partial charge < -0.3 is 10.5 Å². The van der Waals surface area contributed by atoms with Crippen molar-refractivity contribution in [3.8, 4) is 0 Å². The summed E-state index contributed by atoms with van der Waals surface area (Å²) in [7, 11) is 0. The zero-order valence-electron chi connectivity index (χ0n) is 14.4. The van der Waals surface area contributed by atoms with Crippen LogP contribution in [0, 0.1) is 5.41 Å². The van der Waals surface area contributed by atoms with Gasteiger partial charge in [0.1, 0.15) is 0 Å². The monoisotopic (exact) mass is 282 g/mol. The minimum Gasteiger partial charge on any atom is -0.368 e. The van der Waals surface area contributed by atoms with Crippen LogP contribution < -0.4 is 5.73 Å². The third-order valence-corrected chi connectivity index (χ3v) is 5.65. The summed E-state index contributed by atoms with van der Waals surface area (Å²) in [5.74, 6) is 0. The fraction of sp³-hybridized carbons (Fsp3) is 1.00. The van der Waals surface area contributed by atoms with Crippen LogP contribution in [-0.4, -0.2) is 41.3 Å². The number of nitrogens with zero attached hydrogens (tertiary/aromatic N) is 1. The van der Waals surface area contributed by atoms with E-state index in [0.717, 1.165) is 19.5 Å². The van der Waals surface area contributed by atoms with Crippen LogP contribution >= 0.6 is 0 Å². The molecule has 1 atom stereocenters. The highest BCUT2D eigenvalue weighted by atomic mass is 16.5. The Bertz CT molecular complexity index is 362. The molecular formula is C17H34N2O. The van der Waals surface area contributed by atoms with Gasteiger partial charge in [-0.15, -0.1) is 0 Å². The van der Waals surface area contributed by atoms with Crippen LogP contribution in [0.3, 0.4) is 0 Å². The predicted molar refractivity (Wildman–Crippen MR) is 84.9 cm³/mol. The first kappa shape index (κ1) is 16.3. The van der Waals surface area contributed by atoms with E-state index < -0.39 is 0 Å². The second-order valence-corrected chi connectivity index (χ2v) is 8.79. The molecule has 0 saturated carbocycles. The maximum absolute atomic E-state index is 6.37. The molecule has 0 spiro atoms. The number of ether oxygens (including phenoxy) is 1. The van der Waals surface area contributed by atoms with E-state index in [4.69, 9.17) is 10.5 Å². The third kappa shape index (κ3) is 2.77. The third-order valence-electron chi connectivity index (χ3n) is 5.65. The van der Waals surface area contributed by atoms with Gasteiger partial charge in [-0.25, -0.2) is 0 Å². The molecule has 3 heteroatoms. The minimum absolute atomic E-state index is 0.0169. The number of hydrogen-bond donors (Lipinski definition) is 1. The first-order valence-corrected chi connectivity index (χ1v) is 8.19. The summed E-state index contributed by atoms with van der Waals surface area (Å²) < 4.78 is 6.37. The predicted octanol–water partition coefficient (Wildman–Crippen LogP) is 3.17. The van der Waals surface area contributed by atoms with Crippen molar-refractivity contribution in [3.63, 3.8) is 0 Å². The summed E-state index contributed by atoms with van der Waals surface area (Å²) in [4.78, 5) is 2.65. The van der Waals surface area contributed by atoms with Gasteiger partial charge in [-0.05, 0) is 71.9 Å². The molecule has 2 heterocycles. The van der Waals surface area contributed by atoms with E-state index in [9.17, 15) is 0 Å². The van der Waals surface area contributed by atoms with Crippen LogP contribution in [-0.2, 0) is 4.74 Å². The Morgan fingerprint density at radius 1 is 1.00 bits per heavy atom. The second-order valence-electron chi connectivity index (χ2n) is 8.79. The molecule has 2 saturated heterocycles. The van der Waals surface area contributed by atoms with Gasteiger partial charge in [-0.1, -0.05) is 13.8 Å². The Balaban J connectivity index is 2.27. The Kier molecular flexibility index (Phi) is 4.03. The highest BCUT2D eigenvalue weighted by Crippen LogP contribution is 2.49. The lowest BCUT2D eigenvalue weighted by atomic mass is 9.77. The van der Waals surface area contributed by atoms with Gasteiger partial charge in [0.05, 0.1) is 16.7 Å². The number of hydrogen-bond acceptors (Lipinski definition) is 3. The average molecular weight is 282 g/mol. The van der Waals surface area contributed by atoms with Gasteiger partial charge in [0.25, 0.3) is 0 Å². The number of nitrogens with two attached hydrogens (primary N) is 1. The van der Waals surface area contributed by atoms with Crippen molar-refractivity contribution in [2.24, 2.45) is 11.1 Å². The minimum atomic E-state index is -0.181. The van der Waals surface area contributed by atoms with Gasteiger partial charge in [0, 0.05) is 6.54 Å². The summed E-state index contributed by atoms with van der Waals surface area (Å²) in [5, 5.41) is 0. The maximum Gasteiger partial charge on any atom is 0.0830 e. The van der Waals surface area contributed by atoms with Crippen LogP contribution in [0.2, 0.25) is 0 Å². The lowest BCUT2D eigenvalue weighted by Gasteiger charge is -2.47. The molecule has 0 aromatic rings. The van der Waals surface area contributed by atoms with Crippen LogP contribution in [0.1, 0.15) is 67.2 Å². The molecule has 2 aliphatic rings. The standard InChI is InChI=1S/C17H34N2O/c1-14(2)8-7-10-19(11-9-14)17(13-18)12-15(3,4)20-16(17,5)6/h7-13,18H2,1-6H3. The molecule has 20 heavy (non-hydrogen) atoms. The molecule has 2 aliphatic heterocycles. The van der Waals surface area contributed by atoms with E-state index in [-0.39, 0.29) is 16.7 Å². The van der Waals surface area contributed by atoms with E-state index in [1.807, 2.05) is 0 Å². The average Bonchev–Trinajstić information content (AvgIpc) is 2.40. The molecule has 0 aromatic carbocycles. The zero-order valence-corrected chi connectivity index (χ0v) is 14.4. The molecule has 0 aromatic heterocycles.